The maximum atomic E-state index is 13.6. The SMILES string of the molecule is CC(=O)O[C@@H](C(=O)Nc1ccc2c(c1)CCN(C(=O)OC(C)(C)C)C2)[C@H]1OCCN(c2ccc3c(c2)C(=O)N(C)C3)C1=O. The van der Waals surface area contributed by atoms with Gasteiger partial charge < -0.3 is 34.2 Å². The fourth-order valence-corrected chi connectivity index (χ4v) is 5.44. The Morgan fingerprint density at radius 2 is 1.74 bits per heavy atom. The molecule has 12 nitrogen and oxygen atoms in total. The highest BCUT2D eigenvalue weighted by atomic mass is 16.6. The molecule has 0 radical (unpaired) electrons. The molecule has 5 rings (SSSR count). The minimum atomic E-state index is -1.55. The number of morpholine rings is 1. The van der Waals surface area contributed by atoms with Crippen LogP contribution in [0.15, 0.2) is 36.4 Å². The molecule has 1 N–H and O–H groups in total. The Morgan fingerprint density at radius 1 is 1.00 bits per heavy atom. The van der Waals surface area contributed by atoms with Gasteiger partial charge in [-0.05, 0) is 68.1 Å². The molecule has 3 aliphatic heterocycles. The van der Waals surface area contributed by atoms with Crippen molar-refractivity contribution in [3.8, 4) is 0 Å². The maximum absolute atomic E-state index is 13.6. The number of fused-ring (bicyclic) bond motifs is 2. The third kappa shape index (κ3) is 6.48. The average molecular weight is 593 g/mol. The van der Waals surface area contributed by atoms with E-state index < -0.39 is 35.6 Å². The van der Waals surface area contributed by atoms with E-state index in [0.717, 1.165) is 23.6 Å². The van der Waals surface area contributed by atoms with Crippen LogP contribution in [0.2, 0.25) is 0 Å². The summed E-state index contributed by atoms with van der Waals surface area (Å²) in [5, 5.41) is 2.76. The number of ether oxygens (including phenoxy) is 3. The second-order valence-corrected chi connectivity index (χ2v) is 11.9. The second-order valence-electron chi connectivity index (χ2n) is 11.9. The number of anilines is 2. The van der Waals surface area contributed by atoms with Crippen molar-refractivity contribution in [3.05, 3.63) is 58.7 Å². The van der Waals surface area contributed by atoms with Crippen molar-refractivity contribution in [2.24, 2.45) is 0 Å². The van der Waals surface area contributed by atoms with Gasteiger partial charge in [-0.2, -0.15) is 0 Å². The monoisotopic (exact) mass is 592 g/mol. The topological polar surface area (TPSA) is 135 Å². The molecule has 1 saturated heterocycles. The van der Waals surface area contributed by atoms with Crippen molar-refractivity contribution < 1.29 is 38.2 Å². The Labute approximate surface area is 249 Å². The molecule has 0 unspecified atom stereocenters. The number of benzene rings is 2. The minimum Gasteiger partial charge on any atom is -0.449 e. The van der Waals surface area contributed by atoms with E-state index in [1.54, 1.807) is 41.1 Å². The van der Waals surface area contributed by atoms with E-state index in [4.69, 9.17) is 14.2 Å². The van der Waals surface area contributed by atoms with Crippen molar-refractivity contribution in [1.82, 2.24) is 9.80 Å². The lowest BCUT2D eigenvalue weighted by Gasteiger charge is -2.35. The predicted octanol–water partition coefficient (Wildman–Crippen LogP) is 2.87. The molecule has 43 heavy (non-hydrogen) atoms. The Balaban J connectivity index is 1.30. The van der Waals surface area contributed by atoms with Crippen LogP contribution in [0.5, 0.6) is 0 Å². The van der Waals surface area contributed by atoms with E-state index in [-0.39, 0.29) is 25.2 Å². The normalized spacial score (nSPS) is 19.0. The molecule has 0 aliphatic carbocycles. The zero-order chi connectivity index (χ0) is 31.1. The average Bonchev–Trinajstić information content (AvgIpc) is 3.23. The van der Waals surface area contributed by atoms with Crippen molar-refractivity contribution in [2.75, 3.05) is 37.0 Å². The van der Waals surface area contributed by atoms with Crippen LogP contribution in [-0.4, -0.2) is 84.1 Å². The third-order valence-electron chi connectivity index (χ3n) is 7.48. The maximum Gasteiger partial charge on any atom is 0.410 e. The Kier molecular flexibility index (Phi) is 8.15. The van der Waals surface area contributed by atoms with Crippen LogP contribution in [0.1, 0.15) is 54.7 Å². The number of nitrogens with zero attached hydrogens (tertiary/aromatic N) is 3. The molecular formula is C31H36N4O8. The standard InChI is InChI=1S/C31H36N4O8/c1-18(36)42-25(26-29(39)35(12-13-41-26)23-9-7-21-16-33(5)28(38)24(21)15-23)27(37)32-22-8-6-20-17-34(11-10-19(20)14-22)30(40)43-31(2,3)4/h6-9,14-15,25-26H,10-13,16-17H2,1-5H3,(H,32,37)/t25-,26-/m1/s1. The highest BCUT2D eigenvalue weighted by Gasteiger charge is 2.43. The van der Waals surface area contributed by atoms with E-state index in [1.807, 2.05) is 32.9 Å². The van der Waals surface area contributed by atoms with E-state index in [0.29, 0.717) is 43.0 Å². The Morgan fingerprint density at radius 3 is 2.47 bits per heavy atom. The molecule has 2 aromatic rings. The molecule has 1 fully saturated rings. The van der Waals surface area contributed by atoms with Crippen LogP contribution in [0.3, 0.4) is 0 Å². The first-order chi connectivity index (χ1) is 20.3. The summed E-state index contributed by atoms with van der Waals surface area (Å²) in [5.41, 5.74) is 3.62. The molecule has 0 aromatic heterocycles. The third-order valence-corrected chi connectivity index (χ3v) is 7.48. The molecule has 3 aliphatic rings. The summed E-state index contributed by atoms with van der Waals surface area (Å²) in [5.74, 6) is -2.15. The van der Waals surface area contributed by atoms with Gasteiger partial charge >= 0.3 is 12.1 Å². The lowest BCUT2D eigenvalue weighted by molar-refractivity contribution is -0.167. The van der Waals surface area contributed by atoms with Gasteiger partial charge in [-0.15, -0.1) is 0 Å². The number of amides is 4. The smallest absolute Gasteiger partial charge is 0.410 e. The molecule has 0 saturated carbocycles. The van der Waals surface area contributed by atoms with Gasteiger partial charge in [0.25, 0.3) is 17.7 Å². The summed E-state index contributed by atoms with van der Waals surface area (Å²) in [4.78, 5) is 68.8. The number of hydrogen-bond donors (Lipinski definition) is 1. The fraction of sp³-hybridized carbons (Fsp3) is 0.452. The number of hydrogen-bond acceptors (Lipinski definition) is 8. The molecule has 4 amide bonds. The van der Waals surface area contributed by atoms with Gasteiger partial charge in [-0.1, -0.05) is 12.1 Å². The van der Waals surface area contributed by atoms with Gasteiger partial charge in [0.05, 0.1) is 6.61 Å². The van der Waals surface area contributed by atoms with Gasteiger partial charge in [0.15, 0.2) is 6.10 Å². The highest BCUT2D eigenvalue weighted by molar-refractivity contribution is 6.06. The number of carbonyl (C=O) groups is 5. The number of nitrogens with one attached hydrogen (secondary N) is 1. The molecule has 228 valence electrons. The Hall–Kier alpha value is -4.45. The minimum absolute atomic E-state index is 0.0966. The summed E-state index contributed by atoms with van der Waals surface area (Å²) in [6.07, 6.45) is -2.76. The largest absolute Gasteiger partial charge is 0.449 e. The molecule has 0 bridgehead atoms. The number of rotatable bonds is 5. The number of carbonyl (C=O) groups excluding carboxylic acids is 5. The van der Waals surface area contributed by atoms with Crippen molar-refractivity contribution in [2.45, 2.75) is 65.0 Å². The summed E-state index contributed by atoms with van der Waals surface area (Å²) >= 11 is 0. The summed E-state index contributed by atoms with van der Waals surface area (Å²) in [7, 11) is 1.71. The van der Waals surface area contributed by atoms with Crippen molar-refractivity contribution in [1.29, 1.82) is 0 Å². The zero-order valence-corrected chi connectivity index (χ0v) is 25.0. The quantitative estimate of drug-likeness (QED) is 0.524. The second kappa shape index (κ2) is 11.7. The molecule has 3 heterocycles. The van der Waals surface area contributed by atoms with E-state index in [9.17, 15) is 24.0 Å². The fourth-order valence-electron chi connectivity index (χ4n) is 5.44. The summed E-state index contributed by atoms with van der Waals surface area (Å²) in [6, 6.07) is 10.5. The van der Waals surface area contributed by atoms with E-state index >= 15 is 0 Å². The predicted molar refractivity (Wildman–Crippen MR) is 155 cm³/mol. The van der Waals surface area contributed by atoms with Gasteiger partial charge in [0.1, 0.15) is 5.60 Å². The number of esters is 1. The zero-order valence-electron chi connectivity index (χ0n) is 25.0. The summed E-state index contributed by atoms with van der Waals surface area (Å²) in [6.45, 7) is 8.24. The van der Waals surface area contributed by atoms with Gasteiger partial charge in [0.2, 0.25) is 6.10 Å². The van der Waals surface area contributed by atoms with Crippen molar-refractivity contribution >= 4 is 41.2 Å². The van der Waals surface area contributed by atoms with Gasteiger partial charge in [0, 0.05) is 57.1 Å². The van der Waals surface area contributed by atoms with Crippen LogP contribution in [0, 0.1) is 0 Å². The van der Waals surface area contributed by atoms with Crippen LogP contribution < -0.4 is 10.2 Å². The first-order valence-corrected chi connectivity index (χ1v) is 14.2. The van der Waals surface area contributed by atoms with E-state index in [2.05, 4.69) is 5.32 Å². The van der Waals surface area contributed by atoms with Gasteiger partial charge in [-0.3, -0.25) is 19.2 Å². The van der Waals surface area contributed by atoms with Crippen LogP contribution in [0.25, 0.3) is 0 Å². The van der Waals surface area contributed by atoms with Crippen LogP contribution >= 0.6 is 0 Å². The molecular weight excluding hydrogens is 556 g/mol. The molecule has 2 atom stereocenters. The molecule has 2 aromatic carbocycles. The highest BCUT2D eigenvalue weighted by Crippen LogP contribution is 2.29. The first-order valence-electron chi connectivity index (χ1n) is 14.2. The Bertz CT molecular complexity index is 1480. The first kappa shape index (κ1) is 30.0. The lowest BCUT2D eigenvalue weighted by atomic mass is 9.99. The van der Waals surface area contributed by atoms with Crippen LogP contribution in [0.4, 0.5) is 16.2 Å². The lowest BCUT2D eigenvalue weighted by Crippen LogP contribution is -2.56. The molecule has 0 spiro atoms. The molecule has 12 heteroatoms. The van der Waals surface area contributed by atoms with Crippen LogP contribution in [-0.2, 0) is 48.1 Å². The van der Waals surface area contributed by atoms with E-state index in [1.165, 1.54) is 4.90 Å². The summed E-state index contributed by atoms with van der Waals surface area (Å²) < 4.78 is 16.5. The van der Waals surface area contributed by atoms with Crippen molar-refractivity contribution in [3.63, 3.8) is 0 Å². The van der Waals surface area contributed by atoms with Gasteiger partial charge in [-0.25, -0.2) is 4.79 Å².